The van der Waals surface area contributed by atoms with Gasteiger partial charge in [0.05, 0.1) is 26.2 Å². The van der Waals surface area contributed by atoms with Crippen molar-refractivity contribution < 1.29 is 4.90 Å². The van der Waals surface area contributed by atoms with Gasteiger partial charge in [-0.3, -0.25) is 13.9 Å². The first-order valence-electron chi connectivity index (χ1n) is 6.94. The molecule has 0 amide bonds. The van der Waals surface area contributed by atoms with E-state index in [9.17, 15) is 9.59 Å². The molecule has 1 aromatic heterocycles. The molecule has 6 heteroatoms. The highest BCUT2D eigenvalue weighted by Gasteiger charge is 2.13. The van der Waals surface area contributed by atoms with E-state index in [2.05, 4.69) is 5.32 Å². The molecule has 1 fully saturated rings. The van der Waals surface area contributed by atoms with Crippen LogP contribution in [0, 0.1) is 0 Å². The van der Waals surface area contributed by atoms with Crippen LogP contribution in [0.4, 0.5) is 5.82 Å². The Kier molecular flexibility index (Phi) is 4.42. The Morgan fingerprint density at radius 3 is 2.53 bits per heavy atom. The third-order valence-electron chi connectivity index (χ3n) is 3.87. The molecule has 0 aromatic carbocycles. The second-order valence-electron chi connectivity index (χ2n) is 5.26. The van der Waals surface area contributed by atoms with E-state index in [1.165, 1.54) is 50.0 Å². The molecule has 0 unspecified atom stereocenters. The Morgan fingerprint density at radius 2 is 1.84 bits per heavy atom. The van der Waals surface area contributed by atoms with Gasteiger partial charge < -0.3 is 10.2 Å². The monoisotopic (exact) mass is 267 g/mol. The summed E-state index contributed by atoms with van der Waals surface area (Å²) in [7, 11) is 3.17. The summed E-state index contributed by atoms with van der Waals surface area (Å²) in [5, 5.41) is 3.20. The first-order chi connectivity index (χ1) is 9.09. The summed E-state index contributed by atoms with van der Waals surface area (Å²) < 4.78 is 2.59. The van der Waals surface area contributed by atoms with Crippen LogP contribution in [-0.4, -0.2) is 35.3 Å². The largest absolute Gasteiger partial charge is 0.366 e. The van der Waals surface area contributed by atoms with Crippen molar-refractivity contribution in [2.45, 2.75) is 19.3 Å². The summed E-state index contributed by atoms with van der Waals surface area (Å²) in [6.45, 7) is 4.29. The average Bonchev–Trinajstić information content (AvgIpc) is 2.43. The van der Waals surface area contributed by atoms with Crippen molar-refractivity contribution in [3.63, 3.8) is 0 Å². The molecule has 1 aromatic rings. The van der Waals surface area contributed by atoms with Gasteiger partial charge in [-0.1, -0.05) is 0 Å². The van der Waals surface area contributed by atoms with Crippen molar-refractivity contribution in [2.24, 2.45) is 14.1 Å². The molecule has 0 aliphatic carbocycles. The molecular weight excluding hydrogens is 244 g/mol. The Labute approximate surface area is 112 Å². The minimum atomic E-state index is -0.291. The van der Waals surface area contributed by atoms with Gasteiger partial charge in [-0.2, -0.15) is 0 Å². The lowest BCUT2D eigenvalue weighted by Gasteiger charge is -2.23. The second-order valence-corrected chi connectivity index (χ2v) is 5.26. The Hall–Kier alpha value is -1.56. The van der Waals surface area contributed by atoms with Gasteiger partial charge >= 0.3 is 5.69 Å². The summed E-state index contributed by atoms with van der Waals surface area (Å²) in [5.41, 5.74) is -0.559. The van der Waals surface area contributed by atoms with E-state index in [-0.39, 0.29) is 11.2 Å². The van der Waals surface area contributed by atoms with Crippen molar-refractivity contribution in [1.29, 1.82) is 0 Å². The van der Waals surface area contributed by atoms with Crippen molar-refractivity contribution in [2.75, 3.05) is 31.5 Å². The topological polar surface area (TPSA) is 60.5 Å². The van der Waals surface area contributed by atoms with Gasteiger partial charge in [0, 0.05) is 20.2 Å². The van der Waals surface area contributed by atoms with Gasteiger partial charge in [0.2, 0.25) is 0 Å². The number of likely N-dealkylation sites (tertiary alicyclic amines) is 1. The van der Waals surface area contributed by atoms with Crippen LogP contribution in [-0.2, 0) is 14.1 Å². The number of aromatic nitrogens is 2. The zero-order valence-corrected chi connectivity index (χ0v) is 11.7. The molecule has 0 atom stereocenters. The van der Waals surface area contributed by atoms with E-state index in [4.69, 9.17) is 0 Å². The van der Waals surface area contributed by atoms with E-state index in [0.29, 0.717) is 5.82 Å². The molecule has 19 heavy (non-hydrogen) atoms. The van der Waals surface area contributed by atoms with E-state index < -0.39 is 0 Å². The third kappa shape index (κ3) is 3.26. The predicted octanol–water partition coefficient (Wildman–Crippen LogP) is -1.44. The van der Waals surface area contributed by atoms with E-state index in [1.807, 2.05) is 0 Å². The predicted molar refractivity (Wildman–Crippen MR) is 74.8 cm³/mol. The van der Waals surface area contributed by atoms with Gasteiger partial charge in [0.1, 0.15) is 5.82 Å². The smallest absolute Gasteiger partial charge is 0.332 e. The van der Waals surface area contributed by atoms with Crippen molar-refractivity contribution in [1.82, 2.24) is 9.13 Å². The minimum absolute atomic E-state index is 0.268. The van der Waals surface area contributed by atoms with Gasteiger partial charge in [0.25, 0.3) is 5.56 Å². The maximum Gasteiger partial charge on any atom is 0.332 e. The molecule has 2 rings (SSSR count). The zero-order valence-electron chi connectivity index (χ0n) is 11.7. The van der Waals surface area contributed by atoms with Crippen LogP contribution in [0.2, 0.25) is 0 Å². The molecule has 1 aliphatic rings. The highest BCUT2D eigenvalue weighted by atomic mass is 16.2. The molecule has 0 radical (unpaired) electrons. The summed E-state index contributed by atoms with van der Waals surface area (Å²) in [6.07, 6.45) is 3.96. The summed E-state index contributed by atoms with van der Waals surface area (Å²) in [5.74, 6) is 0.601. The molecule has 2 N–H and O–H groups in total. The molecule has 2 heterocycles. The molecular formula is C13H23N4O2+. The lowest BCUT2D eigenvalue weighted by molar-refractivity contribution is -0.903. The maximum atomic E-state index is 11.8. The van der Waals surface area contributed by atoms with Crippen molar-refractivity contribution >= 4 is 5.82 Å². The number of nitrogens with one attached hydrogen (secondary N) is 2. The van der Waals surface area contributed by atoms with Gasteiger partial charge in [0.15, 0.2) is 0 Å². The Balaban J connectivity index is 1.96. The molecule has 106 valence electrons. The second kappa shape index (κ2) is 6.06. The van der Waals surface area contributed by atoms with Gasteiger partial charge in [-0.05, 0) is 19.3 Å². The van der Waals surface area contributed by atoms with Crippen LogP contribution < -0.4 is 21.5 Å². The molecule has 1 saturated heterocycles. The van der Waals surface area contributed by atoms with Crippen molar-refractivity contribution in [3.05, 3.63) is 26.9 Å². The van der Waals surface area contributed by atoms with Crippen LogP contribution >= 0.6 is 0 Å². The lowest BCUT2D eigenvalue weighted by Crippen LogP contribution is -3.13. The highest BCUT2D eigenvalue weighted by Crippen LogP contribution is 1.97. The van der Waals surface area contributed by atoms with Crippen LogP contribution in [0.15, 0.2) is 15.7 Å². The molecule has 0 bridgehead atoms. The third-order valence-corrected chi connectivity index (χ3v) is 3.87. The number of nitrogens with zero attached hydrogens (tertiary/aromatic N) is 2. The molecule has 1 aliphatic heterocycles. The molecule has 6 nitrogen and oxygen atoms in total. The Bertz CT molecular complexity index is 541. The van der Waals surface area contributed by atoms with Crippen LogP contribution in [0.5, 0.6) is 0 Å². The van der Waals surface area contributed by atoms with Gasteiger partial charge in [-0.15, -0.1) is 0 Å². The quantitative estimate of drug-likeness (QED) is 0.703. The normalized spacial score (nSPS) is 16.5. The number of hydrogen-bond donors (Lipinski definition) is 2. The molecule has 0 spiro atoms. The Morgan fingerprint density at radius 1 is 1.16 bits per heavy atom. The van der Waals surface area contributed by atoms with Crippen LogP contribution in [0.1, 0.15) is 19.3 Å². The number of anilines is 1. The number of hydrogen-bond acceptors (Lipinski definition) is 3. The fourth-order valence-corrected chi connectivity index (χ4v) is 2.57. The number of quaternary nitrogens is 1. The fourth-order valence-electron chi connectivity index (χ4n) is 2.57. The molecule has 0 saturated carbocycles. The first kappa shape index (κ1) is 13.9. The number of piperidine rings is 1. The zero-order chi connectivity index (χ0) is 13.8. The summed E-state index contributed by atoms with van der Waals surface area (Å²) in [4.78, 5) is 24.9. The summed E-state index contributed by atoms with van der Waals surface area (Å²) in [6, 6.07) is 1.48. The SMILES string of the molecule is Cn1c(NCC[NH+]2CCCCC2)cc(=O)n(C)c1=O. The van der Waals surface area contributed by atoms with E-state index >= 15 is 0 Å². The van der Waals surface area contributed by atoms with E-state index in [1.54, 1.807) is 11.9 Å². The summed E-state index contributed by atoms with van der Waals surface area (Å²) >= 11 is 0. The lowest BCUT2D eigenvalue weighted by atomic mass is 10.1. The van der Waals surface area contributed by atoms with Crippen molar-refractivity contribution in [3.8, 4) is 0 Å². The maximum absolute atomic E-state index is 11.8. The van der Waals surface area contributed by atoms with E-state index in [0.717, 1.165) is 17.7 Å². The first-order valence-corrected chi connectivity index (χ1v) is 6.94. The number of rotatable bonds is 4. The van der Waals surface area contributed by atoms with Crippen LogP contribution in [0.3, 0.4) is 0 Å². The highest BCUT2D eigenvalue weighted by molar-refractivity contribution is 5.33. The fraction of sp³-hybridized carbons (Fsp3) is 0.692. The van der Waals surface area contributed by atoms with Crippen LogP contribution in [0.25, 0.3) is 0 Å². The average molecular weight is 267 g/mol. The standard InChI is InChI=1S/C13H22N4O2/c1-15-11(10-12(18)16(2)13(15)19)14-6-9-17-7-4-3-5-8-17/h10,14H,3-9H2,1-2H3/p+1. The van der Waals surface area contributed by atoms with Gasteiger partial charge in [-0.25, -0.2) is 4.79 Å². The minimum Gasteiger partial charge on any atom is -0.366 e.